The van der Waals surface area contributed by atoms with Gasteiger partial charge in [0, 0.05) is 26.7 Å². The molecule has 0 fully saturated rings. The molecule has 0 atom stereocenters. The van der Waals surface area contributed by atoms with E-state index in [9.17, 15) is 9.59 Å². The summed E-state index contributed by atoms with van der Waals surface area (Å²) in [7, 11) is 1.74. The van der Waals surface area contributed by atoms with Crippen LogP contribution in [-0.2, 0) is 17.8 Å². The second-order valence-corrected chi connectivity index (χ2v) is 7.15. The number of anilines is 1. The number of fused-ring (bicyclic) bond motifs is 1. The van der Waals surface area contributed by atoms with Crippen molar-refractivity contribution in [3.63, 3.8) is 0 Å². The number of aryl methyl sites for hydroxylation is 1. The molecule has 0 aliphatic rings. The number of hydrogen-bond acceptors (Lipinski definition) is 4. The molecule has 0 unspecified atom stereocenters. The molecule has 0 spiro atoms. The summed E-state index contributed by atoms with van der Waals surface area (Å²) in [6.07, 6.45) is 5.97. The van der Waals surface area contributed by atoms with Crippen molar-refractivity contribution in [3.8, 4) is 0 Å². The summed E-state index contributed by atoms with van der Waals surface area (Å²) in [5.74, 6) is 1.33. The number of carbonyl (C=O) groups excluding carboxylic acids is 2. The Morgan fingerprint density at radius 3 is 2.62 bits per heavy atom. The van der Waals surface area contributed by atoms with Crippen LogP contribution in [-0.4, -0.2) is 39.7 Å². The van der Waals surface area contributed by atoms with Gasteiger partial charge in [-0.1, -0.05) is 20.3 Å². The Balaban J connectivity index is 1.99. The first-order valence-electron chi connectivity index (χ1n) is 10.0. The average molecular weight is 396 g/mol. The summed E-state index contributed by atoms with van der Waals surface area (Å²) >= 11 is 0. The highest BCUT2D eigenvalue weighted by Gasteiger charge is 2.22. The summed E-state index contributed by atoms with van der Waals surface area (Å²) in [6.45, 7) is 6.70. The average Bonchev–Trinajstić information content (AvgIpc) is 3.34. The lowest BCUT2D eigenvalue weighted by atomic mass is 10.2. The van der Waals surface area contributed by atoms with Gasteiger partial charge in [0.15, 0.2) is 0 Å². The van der Waals surface area contributed by atoms with Crippen molar-refractivity contribution in [2.24, 2.45) is 0 Å². The normalized spacial score (nSPS) is 11.0. The Morgan fingerprint density at radius 2 is 2.00 bits per heavy atom. The van der Waals surface area contributed by atoms with Crippen LogP contribution in [0.1, 0.15) is 55.4 Å². The molecule has 154 valence electrons. The van der Waals surface area contributed by atoms with E-state index in [1.165, 1.54) is 0 Å². The molecule has 3 aromatic heterocycles. The highest BCUT2D eigenvalue weighted by molar-refractivity contribution is 5.95. The van der Waals surface area contributed by atoms with Gasteiger partial charge in [0.25, 0.3) is 5.91 Å². The second-order valence-electron chi connectivity index (χ2n) is 7.15. The maximum absolute atomic E-state index is 12.9. The first-order valence-corrected chi connectivity index (χ1v) is 10.0. The fourth-order valence-electron chi connectivity index (χ4n) is 3.39. The predicted octanol–water partition coefficient (Wildman–Crippen LogP) is 3.91. The molecule has 0 aliphatic carbocycles. The molecule has 0 radical (unpaired) electrons. The Hall–Kier alpha value is -3.09. The minimum absolute atomic E-state index is 0.0263. The van der Waals surface area contributed by atoms with Gasteiger partial charge in [-0.05, 0) is 37.1 Å². The lowest BCUT2D eigenvalue weighted by Crippen LogP contribution is -2.31. The number of furan rings is 1. The highest BCUT2D eigenvalue weighted by Crippen LogP contribution is 2.25. The topological polar surface area (TPSA) is 71.1 Å². The summed E-state index contributed by atoms with van der Waals surface area (Å²) in [5.41, 5.74) is 2.11. The fraction of sp³-hybridized carbons (Fsp3) is 0.409. The quantitative estimate of drug-likeness (QED) is 0.579. The van der Waals surface area contributed by atoms with Crippen LogP contribution in [0.2, 0.25) is 0 Å². The van der Waals surface area contributed by atoms with E-state index in [-0.39, 0.29) is 11.8 Å². The largest absolute Gasteiger partial charge is 0.467 e. The van der Waals surface area contributed by atoms with Crippen LogP contribution >= 0.6 is 0 Å². The number of pyridine rings is 1. The van der Waals surface area contributed by atoms with Crippen molar-refractivity contribution in [2.45, 2.75) is 46.6 Å². The minimum Gasteiger partial charge on any atom is -0.467 e. The van der Waals surface area contributed by atoms with Gasteiger partial charge in [-0.2, -0.15) is 0 Å². The van der Waals surface area contributed by atoms with Crippen LogP contribution < -0.4 is 4.90 Å². The lowest BCUT2D eigenvalue weighted by molar-refractivity contribution is -0.116. The molecular formula is C22H28N4O3. The molecule has 3 rings (SSSR count). The number of aromatic nitrogens is 2. The molecule has 0 aliphatic heterocycles. The molecule has 0 saturated carbocycles. The smallest absolute Gasteiger partial charge is 0.255 e. The Bertz CT molecular complexity index is 991. The summed E-state index contributed by atoms with van der Waals surface area (Å²) in [4.78, 5) is 33.4. The first-order chi connectivity index (χ1) is 14.0. The summed E-state index contributed by atoms with van der Waals surface area (Å²) in [5, 5.41) is 0. The molecule has 7 nitrogen and oxygen atoms in total. The van der Waals surface area contributed by atoms with Crippen LogP contribution in [0, 0.1) is 0 Å². The number of imidazole rings is 1. The Labute approximate surface area is 170 Å². The van der Waals surface area contributed by atoms with Gasteiger partial charge in [0.05, 0.1) is 24.1 Å². The van der Waals surface area contributed by atoms with Crippen LogP contribution in [0.15, 0.2) is 41.1 Å². The van der Waals surface area contributed by atoms with Crippen LogP contribution in [0.5, 0.6) is 0 Å². The molecule has 0 aromatic carbocycles. The fourth-order valence-corrected chi connectivity index (χ4v) is 3.39. The highest BCUT2D eigenvalue weighted by atomic mass is 16.3. The SMILES string of the molecule is CCCCN(C(C)=O)c1c(CC)nc2ccc(C(=O)N(C)Cc3ccco3)cn12. The number of rotatable bonds is 8. The van der Waals surface area contributed by atoms with E-state index in [4.69, 9.17) is 4.42 Å². The summed E-state index contributed by atoms with van der Waals surface area (Å²) < 4.78 is 7.20. The standard InChI is InChI=1S/C22H28N4O3/c1-5-7-12-25(16(3)27)21-19(6-2)23-20-11-10-17(14-26(20)21)22(28)24(4)15-18-9-8-13-29-18/h8-11,13-14H,5-7,12,15H2,1-4H3. The van der Waals surface area contributed by atoms with E-state index >= 15 is 0 Å². The van der Waals surface area contributed by atoms with E-state index in [1.807, 2.05) is 23.5 Å². The number of unbranched alkanes of at least 4 members (excludes halogenated alkanes) is 1. The maximum Gasteiger partial charge on any atom is 0.255 e. The van der Waals surface area contributed by atoms with Gasteiger partial charge < -0.3 is 9.32 Å². The molecule has 0 N–H and O–H groups in total. The molecule has 7 heteroatoms. The third kappa shape index (κ3) is 4.34. The van der Waals surface area contributed by atoms with Gasteiger partial charge in [-0.3, -0.25) is 18.9 Å². The Morgan fingerprint density at radius 1 is 1.21 bits per heavy atom. The molecule has 0 bridgehead atoms. The molecule has 3 heterocycles. The van der Waals surface area contributed by atoms with E-state index in [1.54, 1.807) is 48.4 Å². The van der Waals surface area contributed by atoms with Crippen molar-refractivity contribution < 1.29 is 14.0 Å². The van der Waals surface area contributed by atoms with Gasteiger partial charge in [-0.25, -0.2) is 4.98 Å². The zero-order valence-electron chi connectivity index (χ0n) is 17.5. The van der Waals surface area contributed by atoms with Crippen molar-refractivity contribution in [1.29, 1.82) is 0 Å². The van der Waals surface area contributed by atoms with E-state index in [2.05, 4.69) is 11.9 Å². The van der Waals surface area contributed by atoms with Crippen molar-refractivity contribution in [3.05, 3.63) is 53.7 Å². The molecule has 2 amide bonds. The first kappa shape index (κ1) is 20.6. The molecule has 29 heavy (non-hydrogen) atoms. The lowest BCUT2D eigenvalue weighted by Gasteiger charge is -2.22. The zero-order chi connectivity index (χ0) is 21.0. The number of carbonyl (C=O) groups is 2. The molecular weight excluding hydrogens is 368 g/mol. The van der Waals surface area contributed by atoms with Gasteiger partial charge >= 0.3 is 0 Å². The van der Waals surface area contributed by atoms with E-state index < -0.39 is 0 Å². The van der Waals surface area contributed by atoms with E-state index in [0.717, 1.165) is 35.8 Å². The van der Waals surface area contributed by atoms with Gasteiger partial charge in [0.1, 0.15) is 17.2 Å². The monoisotopic (exact) mass is 396 g/mol. The zero-order valence-corrected chi connectivity index (χ0v) is 17.5. The predicted molar refractivity (Wildman–Crippen MR) is 112 cm³/mol. The van der Waals surface area contributed by atoms with Crippen molar-refractivity contribution >= 4 is 23.3 Å². The van der Waals surface area contributed by atoms with Crippen LogP contribution in [0.25, 0.3) is 5.65 Å². The third-order valence-corrected chi connectivity index (χ3v) is 4.94. The van der Waals surface area contributed by atoms with Crippen LogP contribution in [0.3, 0.4) is 0 Å². The summed E-state index contributed by atoms with van der Waals surface area (Å²) in [6, 6.07) is 7.24. The van der Waals surface area contributed by atoms with Gasteiger partial charge in [-0.15, -0.1) is 0 Å². The third-order valence-electron chi connectivity index (χ3n) is 4.94. The van der Waals surface area contributed by atoms with Crippen molar-refractivity contribution in [2.75, 3.05) is 18.5 Å². The minimum atomic E-state index is -0.121. The molecule has 0 saturated heterocycles. The number of amides is 2. The van der Waals surface area contributed by atoms with Crippen LogP contribution in [0.4, 0.5) is 5.82 Å². The number of hydrogen-bond donors (Lipinski definition) is 0. The second kappa shape index (κ2) is 8.94. The van der Waals surface area contributed by atoms with Crippen molar-refractivity contribution in [1.82, 2.24) is 14.3 Å². The maximum atomic E-state index is 12.9. The Kier molecular flexibility index (Phi) is 6.36. The van der Waals surface area contributed by atoms with Gasteiger partial charge in [0.2, 0.25) is 5.91 Å². The molecule has 3 aromatic rings. The number of nitrogens with zero attached hydrogens (tertiary/aromatic N) is 4. The van der Waals surface area contributed by atoms with E-state index in [0.29, 0.717) is 25.1 Å².